The molecule has 4 aromatic rings. The average Bonchev–Trinajstić information content (AvgIpc) is 3.24. The van der Waals surface area contributed by atoms with E-state index in [1.807, 2.05) is 30.5 Å². The van der Waals surface area contributed by atoms with Crippen LogP contribution in [0.4, 0.5) is 5.82 Å². The molecular weight excluding hydrogens is 519 g/mol. The molecule has 1 unspecified atom stereocenters. The number of nitrogens with one attached hydrogen (secondary N) is 2. The Balaban J connectivity index is 0.000000193. The Hall–Kier alpha value is -2.72. The minimum Gasteiger partial charge on any atom is -0.480 e. The predicted octanol–water partition coefficient (Wildman–Crippen LogP) is 1.05. The Morgan fingerprint density at radius 2 is 1.96 bits per heavy atom. The van der Waals surface area contributed by atoms with E-state index in [4.69, 9.17) is 16.6 Å². The van der Waals surface area contributed by atoms with Gasteiger partial charge in [0.25, 0.3) is 0 Å². The summed E-state index contributed by atoms with van der Waals surface area (Å²) < 4.78 is 0. The molecule has 3 heterocycles. The zero-order chi connectivity index (χ0) is 17.8. The number of para-hydroxylation sites is 1. The van der Waals surface area contributed by atoms with Gasteiger partial charge < -0.3 is 26.5 Å². The molecule has 1 atom stereocenters. The van der Waals surface area contributed by atoms with E-state index < -0.39 is 12.0 Å². The van der Waals surface area contributed by atoms with Crippen molar-refractivity contribution in [3.05, 3.63) is 48.7 Å². The van der Waals surface area contributed by atoms with Gasteiger partial charge in [-0.3, -0.25) is 4.79 Å². The van der Waals surface area contributed by atoms with E-state index in [9.17, 15) is 4.79 Å². The molecule has 1 aromatic carbocycles. The molecule has 3 aromatic heterocycles. The molecule has 9 nitrogen and oxygen atoms in total. The van der Waals surface area contributed by atoms with Crippen LogP contribution in [-0.2, 0) is 33.6 Å². The summed E-state index contributed by atoms with van der Waals surface area (Å²) in [5.74, 6) is -0.539. The van der Waals surface area contributed by atoms with Gasteiger partial charge in [0.2, 0.25) is 0 Å². The van der Waals surface area contributed by atoms with E-state index in [1.54, 1.807) is 0 Å². The second kappa shape index (κ2) is 8.59. The molecule has 0 saturated heterocycles. The van der Waals surface area contributed by atoms with E-state index in [-0.39, 0.29) is 22.4 Å². The molecule has 10 heteroatoms. The van der Waals surface area contributed by atoms with Crippen LogP contribution in [0, 0.1) is 0 Å². The van der Waals surface area contributed by atoms with Crippen LogP contribution in [0.25, 0.3) is 22.1 Å². The molecule has 0 bridgehead atoms. The van der Waals surface area contributed by atoms with Crippen LogP contribution in [-0.4, -0.2) is 42.0 Å². The first kappa shape index (κ1) is 19.6. The molecule has 26 heavy (non-hydrogen) atoms. The number of aromatic nitrogens is 5. The molecule has 4 rings (SSSR count). The van der Waals surface area contributed by atoms with Crippen LogP contribution >= 0.6 is 0 Å². The minimum absolute atomic E-state index is 0. The number of carbonyl (C=O) groups is 1. The molecule has 0 aliphatic heterocycles. The van der Waals surface area contributed by atoms with Gasteiger partial charge in [0.15, 0.2) is 11.5 Å². The van der Waals surface area contributed by atoms with Crippen molar-refractivity contribution in [2.75, 3.05) is 5.73 Å². The van der Waals surface area contributed by atoms with Crippen molar-refractivity contribution in [3.8, 4) is 0 Å². The summed E-state index contributed by atoms with van der Waals surface area (Å²) in [5.41, 5.74) is 14.2. The number of benzene rings is 1. The van der Waals surface area contributed by atoms with E-state index in [1.165, 1.54) is 12.7 Å². The summed E-state index contributed by atoms with van der Waals surface area (Å²) in [6, 6.07) is 6.91. The molecule has 139 valence electrons. The molecule has 0 saturated carbocycles. The fourth-order valence-electron chi connectivity index (χ4n) is 2.41. The van der Waals surface area contributed by atoms with Gasteiger partial charge in [0.05, 0.1) is 6.33 Å². The number of H-pyrrole nitrogens is 2. The number of aliphatic carboxylic acids is 1. The number of hydrogen-bond acceptors (Lipinski definition) is 6. The molecule has 1 radical (unpaired) electrons. The van der Waals surface area contributed by atoms with Gasteiger partial charge in [-0.2, -0.15) is 0 Å². The van der Waals surface area contributed by atoms with Crippen LogP contribution in [0.1, 0.15) is 5.56 Å². The maximum Gasteiger partial charge on any atom is 0.320 e. The molecular formula is C16H17AuN7O2. The van der Waals surface area contributed by atoms with E-state index in [2.05, 4.69) is 24.9 Å². The first-order valence-electron chi connectivity index (χ1n) is 7.49. The van der Waals surface area contributed by atoms with E-state index in [0.717, 1.165) is 16.5 Å². The number of hydrogen-bond donors (Lipinski definition) is 5. The van der Waals surface area contributed by atoms with Gasteiger partial charge in [-0.15, -0.1) is 0 Å². The summed E-state index contributed by atoms with van der Waals surface area (Å²) in [6.45, 7) is 0. The Morgan fingerprint density at radius 3 is 2.69 bits per heavy atom. The third kappa shape index (κ3) is 4.27. The normalized spacial score (nSPS) is 11.4. The van der Waals surface area contributed by atoms with Crippen molar-refractivity contribution < 1.29 is 32.3 Å². The van der Waals surface area contributed by atoms with Crippen molar-refractivity contribution in [2.24, 2.45) is 5.73 Å². The number of carboxylic acid groups (broad SMARTS) is 1. The smallest absolute Gasteiger partial charge is 0.320 e. The monoisotopic (exact) mass is 536 g/mol. The standard InChI is InChI=1S/C11H12N2O2.C5H5N5.Au/c12-9(11(14)15)5-7-6-13-10-4-2-1-3-8(7)10;6-4-3-5(9-1-7-3)10-2-8-4;/h1-4,6,9,13H,5,12H2,(H,14,15);1-2H,(H3,6,7,8,9,10);. The number of fused-ring (bicyclic) bond motifs is 2. The first-order valence-corrected chi connectivity index (χ1v) is 7.49. The number of rotatable bonds is 3. The summed E-state index contributed by atoms with van der Waals surface area (Å²) >= 11 is 0. The van der Waals surface area contributed by atoms with Gasteiger partial charge >= 0.3 is 5.97 Å². The maximum atomic E-state index is 10.6. The summed E-state index contributed by atoms with van der Waals surface area (Å²) in [6.07, 6.45) is 5.08. The zero-order valence-corrected chi connectivity index (χ0v) is 15.6. The third-order valence-corrected chi connectivity index (χ3v) is 3.68. The summed E-state index contributed by atoms with van der Waals surface area (Å²) in [4.78, 5) is 28.1. The summed E-state index contributed by atoms with van der Waals surface area (Å²) in [5, 5.41) is 9.75. The second-order valence-corrected chi connectivity index (χ2v) is 5.37. The fraction of sp³-hybridized carbons (Fsp3) is 0.125. The van der Waals surface area contributed by atoms with Crippen LogP contribution < -0.4 is 11.5 Å². The van der Waals surface area contributed by atoms with Crippen LogP contribution in [0.5, 0.6) is 0 Å². The predicted molar refractivity (Wildman–Crippen MR) is 93.7 cm³/mol. The van der Waals surface area contributed by atoms with Crippen molar-refractivity contribution in [2.45, 2.75) is 12.5 Å². The van der Waals surface area contributed by atoms with Gasteiger partial charge in [0.1, 0.15) is 17.9 Å². The Kier molecular flexibility index (Phi) is 6.47. The fourth-order valence-corrected chi connectivity index (χ4v) is 2.41. The molecule has 0 amide bonds. The largest absolute Gasteiger partial charge is 0.480 e. The van der Waals surface area contributed by atoms with Crippen LogP contribution in [0.2, 0.25) is 0 Å². The number of carboxylic acids is 1. The van der Waals surface area contributed by atoms with Crippen molar-refractivity contribution in [1.29, 1.82) is 0 Å². The Morgan fingerprint density at radius 1 is 1.19 bits per heavy atom. The zero-order valence-electron chi connectivity index (χ0n) is 13.5. The van der Waals surface area contributed by atoms with Crippen molar-refractivity contribution in [3.63, 3.8) is 0 Å². The van der Waals surface area contributed by atoms with Crippen LogP contribution in [0.15, 0.2) is 43.1 Å². The quantitative estimate of drug-likeness (QED) is 0.245. The van der Waals surface area contributed by atoms with Gasteiger partial charge in [-0.05, 0) is 11.6 Å². The molecule has 7 N–H and O–H groups in total. The summed E-state index contributed by atoms with van der Waals surface area (Å²) in [7, 11) is 0. The number of nitrogens with two attached hydrogens (primary N) is 2. The average molecular weight is 536 g/mol. The number of aromatic amines is 2. The second-order valence-electron chi connectivity index (χ2n) is 5.37. The molecule has 0 aliphatic carbocycles. The van der Waals surface area contributed by atoms with Crippen molar-refractivity contribution in [1.82, 2.24) is 24.9 Å². The topological polar surface area (TPSA) is 160 Å². The molecule has 0 fully saturated rings. The van der Waals surface area contributed by atoms with Crippen LogP contribution in [0.3, 0.4) is 0 Å². The number of imidazole rings is 1. The van der Waals surface area contributed by atoms with Gasteiger partial charge in [-0.1, -0.05) is 18.2 Å². The van der Waals surface area contributed by atoms with E-state index in [0.29, 0.717) is 23.4 Å². The van der Waals surface area contributed by atoms with Gasteiger partial charge in [0, 0.05) is 45.9 Å². The maximum absolute atomic E-state index is 10.6. The third-order valence-electron chi connectivity index (χ3n) is 3.68. The van der Waals surface area contributed by atoms with Crippen molar-refractivity contribution >= 4 is 33.9 Å². The number of anilines is 1. The Labute approximate surface area is 163 Å². The molecule has 0 aliphatic rings. The minimum atomic E-state index is -0.972. The van der Waals surface area contributed by atoms with E-state index >= 15 is 0 Å². The number of nitrogens with zero attached hydrogens (tertiary/aromatic N) is 3. The first-order chi connectivity index (χ1) is 12.1. The molecule has 0 spiro atoms. The van der Waals surface area contributed by atoms with Gasteiger partial charge in [-0.25, -0.2) is 15.0 Å². The number of nitrogen functional groups attached to an aromatic ring is 1. The Bertz CT molecular complexity index is 1010. The SMILES string of the molecule is NC(Cc1c[nH]c2ccccc12)C(=O)O.Nc1ncnc2nc[nH]c12.[Au].